The van der Waals surface area contributed by atoms with Crippen LogP contribution >= 0.6 is 0 Å². The molecule has 1 atom stereocenters. The predicted molar refractivity (Wildman–Crippen MR) is 99.0 cm³/mol. The Labute approximate surface area is 148 Å². The average Bonchev–Trinajstić information content (AvgIpc) is 3.05. The second-order valence-corrected chi connectivity index (χ2v) is 8.47. The molecule has 1 aliphatic carbocycles. The molecule has 1 rings (SSSR count). The van der Waals surface area contributed by atoms with Crippen LogP contribution in [0.15, 0.2) is 0 Å². The van der Waals surface area contributed by atoms with Gasteiger partial charge in [0.1, 0.15) is 0 Å². The maximum Gasteiger partial charge on any atom is 0.335 e. The average molecular weight is 343 g/mol. The van der Waals surface area contributed by atoms with Gasteiger partial charge in [-0.2, -0.15) is 0 Å². The van der Waals surface area contributed by atoms with Crippen LogP contribution in [0.3, 0.4) is 0 Å². The number of nitrogens with zero attached hydrogens (tertiary/aromatic N) is 1. The monoisotopic (exact) mass is 342 g/mol. The van der Waals surface area contributed by atoms with Gasteiger partial charge < -0.3 is 14.7 Å². The second-order valence-electron chi connectivity index (χ2n) is 8.47. The van der Waals surface area contributed by atoms with Crippen molar-refractivity contribution in [2.24, 2.45) is 5.92 Å². The Bertz CT molecular complexity index is 364. The minimum Gasteiger partial charge on any atom is -0.479 e. The van der Waals surface area contributed by atoms with Crippen molar-refractivity contribution in [3.8, 4) is 0 Å². The molecule has 1 saturated carbocycles. The van der Waals surface area contributed by atoms with Crippen LogP contribution in [-0.4, -0.2) is 53.5 Å². The van der Waals surface area contributed by atoms with Crippen molar-refractivity contribution in [3.63, 3.8) is 0 Å². The maximum absolute atomic E-state index is 11.5. The highest BCUT2D eigenvalue weighted by Crippen LogP contribution is 2.37. The molecular weight excluding hydrogens is 302 g/mol. The minimum atomic E-state index is -1.49. The summed E-state index contributed by atoms with van der Waals surface area (Å²) >= 11 is 0. The van der Waals surface area contributed by atoms with Crippen molar-refractivity contribution in [1.82, 2.24) is 0 Å². The molecule has 0 aliphatic heterocycles. The van der Waals surface area contributed by atoms with E-state index in [1.54, 1.807) is 0 Å². The molecule has 24 heavy (non-hydrogen) atoms. The lowest BCUT2D eigenvalue weighted by Gasteiger charge is -2.31. The van der Waals surface area contributed by atoms with Crippen molar-refractivity contribution < 1.29 is 19.5 Å². The molecule has 2 N–H and O–H groups in total. The number of unbranched alkanes of at least 4 members (excludes halogenated alkanes) is 5. The molecular formula is C20H40NO3+. The molecule has 1 unspecified atom stereocenters. The number of carbonyl (C=O) groups is 1. The summed E-state index contributed by atoms with van der Waals surface area (Å²) in [5.74, 6) is -1.05. The van der Waals surface area contributed by atoms with Gasteiger partial charge in [-0.1, -0.05) is 32.6 Å². The number of carboxylic acid groups (broad SMARTS) is 1. The summed E-state index contributed by atoms with van der Waals surface area (Å²) in [7, 11) is 4.58. The highest BCUT2D eigenvalue weighted by molar-refractivity contribution is 5.77. The summed E-state index contributed by atoms with van der Waals surface area (Å²) in [5, 5.41) is 20.1. The van der Waals surface area contributed by atoms with E-state index in [9.17, 15) is 15.0 Å². The lowest BCUT2D eigenvalue weighted by molar-refractivity contribution is -0.890. The van der Waals surface area contributed by atoms with E-state index in [0.717, 1.165) is 56.0 Å². The number of rotatable bonds is 13. The van der Waals surface area contributed by atoms with E-state index in [-0.39, 0.29) is 5.92 Å². The van der Waals surface area contributed by atoms with E-state index in [1.807, 2.05) is 0 Å². The molecule has 0 aromatic rings. The summed E-state index contributed by atoms with van der Waals surface area (Å²) in [6.45, 7) is 4.60. The number of hydrogen-bond donors (Lipinski definition) is 2. The van der Waals surface area contributed by atoms with Crippen molar-refractivity contribution in [1.29, 1.82) is 0 Å². The van der Waals surface area contributed by atoms with Gasteiger partial charge in [-0.05, 0) is 57.3 Å². The van der Waals surface area contributed by atoms with Gasteiger partial charge in [0.2, 0.25) is 0 Å². The molecule has 1 aliphatic rings. The Hall–Kier alpha value is -0.610. The van der Waals surface area contributed by atoms with Crippen LogP contribution in [0, 0.1) is 5.92 Å². The van der Waals surface area contributed by atoms with Gasteiger partial charge in [-0.3, -0.25) is 0 Å². The van der Waals surface area contributed by atoms with Gasteiger partial charge in [0.15, 0.2) is 5.60 Å². The van der Waals surface area contributed by atoms with Gasteiger partial charge >= 0.3 is 5.97 Å². The highest BCUT2D eigenvalue weighted by atomic mass is 16.4. The molecule has 1 fully saturated rings. The van der Waals surface area contributed by atoms with Gasteiger partial charge in [-0.25, -0.2) is 4.79 Å². The van der Waals surface area contributed by atoms with Gasteiger partial charge in [-0.15, -0.1) is 0 Å². The van der Waals surface area contributed by atoms with Crippen molar-refractivity contribution >= 4 is 5.97 Å². The fourth-order valence-corrected chi connectivity index (χ4v) is 4.08. The number of aliphatic carboxylic acids is 1. The molecule has 0 radical (unpaired) electrons. The van der Waals surface area contributed by atoms with Crippen LogP contribution in [0.1, 0.15) is 84.0 Å². The van der Waals surface area contributed by atoms with Crippen LogP contribution in [0.25, 0.3) is 0 Å². The van der Waals surface area contributed by atoms with E-state index >= 15 is 0 Å². The summed E-state index contributed by atoms with van der Waals surface area (Å²) in [5.41, 5.74) is -1.49. The Kier molecular flexibility index (Phi) is 9.28. The zero-order valence-electron chi connectivity index (χ0n) is 16.2. The van der Waals surface area contributed by atoms with E-state index in [0.29, 0.717) is 6.42 Å². The molecule has 0 spiro atoms. The summed E-state index contributed by atoms with van der Waals surface area (Å²) in [6.07, 6.45) is 12.4. The molecule has 0 heterocycles. The lowest BCUT2D eigenvalue weighted by Crippen LogP contribution is -2.45. The van der Waals surface area contributed by atoms with Crippen LogP contribution in [0.4, 0.5) is 0 Å². The Balaban J connectivity index is 2.24. The number of carboxylic acids is 1. The molecule has 0 aromatic heterocycles. The van der Waals surface area contributed by atoms with E-state index in [4.69, 9.17) is 0 Å². The third-order valence-electron chi connectivity index (χ3n) is 5.84. The Morgan fingerprint density at radius 2 is 1.54 bits per heavy atom. The molecule has 0 saturated heterocycles. The maximum atomic E-state index is 11.5. The first-order valence-electron chi connectivity index (χ1n) is 10.1. The molecule has 4 heteroatoms. The SMILES string of the molecule is CCCCCC[N+](C)(C)CCCCCC(O)(C(=O)O)C1CCCC1. The van der Waals surface area contributed by atoms with E-state index in [2.05, 4.69) is 21.0 Å². The largest absolute Gasteiger partial charge is 0.479 e. The lowest BCUT2D eigenvalue weighted by atomic mass is 9.82. The van der Waals surface area contributed by atoms with Gasteiger partial charge in [0.05, 0.1) is 27.2 Å². The molecule has 0 aromatic carbocycles. The van der Waals surface area contributed by atoms with Crippen LogP contribution in [-0.2, 0) is 4.79 Å². The number of aliphatic hydroxyl groups is 1. The first kappa shape index (κ1) is 21.4. The Morgan fingerprint density at radius 3 is 2.04 bits per heavy atom. The second kappa shape index (κ2) is 10.4. The fraction of sp³-hybridized carbons (Fsp3) is 0.950. The van der Waals surface area contributed by atoms with E-state index < -0.39 is 11.6 Å². The summed E-state index contributed by atoms with van der Waals surface area (Å²) < 4.78 is 1.05. The first-order chi connectivity index (χ1) is 11.3. The summed E-state index contributed by atoms with van der Waals surface area (Å²) in [6, 6.07) is 0. The smallest absolute Gasteiger partial charge is 0.335 e. The fourth-order valence-electron chi connectivity index (χ4n) is 4.08. The predicted octanol–water partition coefficient (Wildman–Crippen LogP) is 4.21. The first-order valence-corrected chi connectivity index (χ1v) is 10.1. The molecule has 142 valence electrons. The van der Waals surface area contributed by atoms with Crippen molar-refractivity contribution in [2.75, 3.05) is 27.2 Å². The van der Waals surface area contributed by atoms with Gasteiger partial charge in [0, 0.05) is 0 Å². The highest BCUT2D eigenvalue weighted by Gasteiger charge is 2.44. The van der Waals surface area contributed by atoms with E-state index in [1.165, 1.54) is 32.2 Å². The quantitative estimate of drug-likeness (QED) is 0.389. The van der Waals surface area contributed by atoms with Crippen LogP contribution < -0.4 is 0 Å². The zero-order valence-corrected chi connectivity index (χ0v) is 16.2. The zero-order chi connectivity index (χ0) is 18.1. The van der Waals surface area contributed by atoms with Crippen LogP contribution in [0.5, 0.6) is 0 Å². The Morgan fingerprint density at radius 1 is 1.00 bits per heavy atom. The van der Waals surface area contributed by atoms with Crippen molar-refractivity contribution in [3.05, 3.63) is 0 Å². The molecule has 4 nitrogen and oxygen atoms in total. The third-order valence-corrected chi connectivity index (χ3v) is 5.84. The van der Waals surface area contributed by atoms with Crippen molar-refractivity contribution in [2.45, 2.75) is 89.6 Å². The number of hydrogen-bond acceptors (Lipinski definition) is 2. The molecule has 0 amide bonds. The van der Waals surface area contributed by atoms with Gasteiger partial charge in [0.25, 0.3) is 0 Å². The summed E-state index contributed by atoms with van der Waals surface area (Å²) in [4.78, 5) is 11.5. The normalized spacial score (nSPS) is 18.7. The standard InChI is InChI=1S/C20H39NO3/c1-4-5-6-11-16-21(2,3)17-12-7-10-15-20(24,19(22)23)18-13-8-9-14-18/h18,24H,4-17H2,1-3H3/p+1. The molecule has 0 bridgehead atoms. The van der Waals surface area contributed by atoms with Crippen LogP contribution in [0.2, 0.25) is 0 Å². The number of quaternary nitrogens is 1. The third kappa shape index (κ3) is 7.10. The topological polar surface area (TPSA) is 57.5 Å². The minimum absolute atomic E-state index is 0.0409.